The van der Waals surface area contributed by atoms with Crippen LogP contribution < -0.4 is 5.32 Å². The van der Waals surface area contributed by atoms with Gasteiger partial charge in [0.05, 0.1) is 0 Å². The average Bonchev–Trinajstić information content (AvgIpc) is 2.23. The molecule has 5 heteroatoms. The summed E-state index contributed by atoms with van der Waals surface area (Å²) in [6, 6.07) is -0.209. The van der Waals surface area contributed by atoms with E-state index in [0.717, 1.165) is 12.8 Å². The summed E-state index contributed by atoms with van der Waals surface area (Å²) >= 11 is 0. The Kier molecular flexibility index (Phi) is 5.63. The van der Waals surface area contributed by atoms with Crippen molar-refractivity contribution in [2.45, 2.75) is 59.0 Å². The molecule has 2 atom stereocenters. The molecule has 5 nitrogen and oxygen atoms in total. The Hall–Kier alpha value is -1.26. The van der Waals surface area contributed by atoms with Crippen LogP contribution in [0.4, 0.5) is 4.79 Å². The molecule has 0 aromatic heterocycles. The fourth-order valence-corrected chi connectivity index (χ4v) is 2.96. The second kappa shape index (κ2) is 6.78. The molecule has 19 heavy (non-hydrogen) atoms. The van der Waals surface area contributed by atoms with Gasteiger partial charge in [0.1, 0.15) is 6.54 Å². The maximum atomic E-state index is 12.2. The number of carbonyl (C=O) groups is 2. The monoisotopic (exact) mass is 270 g/mol. The minimum absolute atomic E-state index is 0.116. The van der Waals surface area contributed by atoms with Gasteiger partial charge in [0, 0.05) is 12.1 Å². The van der Waals surface area contributed by atoms with Crippen LogP contribution >= 0.6 is 0 Å². The average molecular weight is 270 g/mol. The lowest BCUT2D eigenvalue weighted by Gasteiger charge is -2.34. The van der Waals surface area contributed by atoms with Gasteiger partial charge in [-0.15, -0.1) is 0 Å². The van der Waals surface area contributed by atoms with Gasteiger partial charge in [-0.25, -0.2) is 4.79 Å². The third-order valence-corrected chi connectivity index (χ3v) is 3.70. The SMILES string of the molecule is CC1CC(C)CC(NC(=O)N(CC(=O)O)C(C)C)C1. The van der Waals surface area contributed by atoms with Gasteiger partial charge in [0.15, 0.2) is 0 Å². The van der Waals surface area contributed by atoms with E-state index in [4.69, 9.17) is 5.11 Å². The van der Waals surface area contributed by atoms with Crippen LogP contribution in [0.25, 0.3) is 0 Å². The predicted molar refractivity (Wildman–Crippen MR) is 74.0 cm³/mol. The summed E-state index contributed by atoms with van der Waals surface area (Å²) in [4.78, 5) is 24.3. The number of nitrogens with zero attached hydrogens (tertiary/aromatic N) is 1. The molecular formula is C14H26N2O3. The standard InChI is InChI=1S/C14H26N2O3/c1-9(2)16(8-13(17)18)14(19)15-12-6-10(3)5-11(4)7-12/h9-12H,5-8H2,1-4H3,(H,15,19)(H,17,18). The van der Waals surface area contributed by atoms with Crippen LogP contribution in [0.5, 0.6) is 0 Å². The van der Waals surface area contributed by atoms with E-state index >= 15 is 0 Å². The van der Waals surface area contributed by atoms with E-state index in [2.05, 4.69) is 19.2 Å². The minimum Gasteiger partial charge on any atom is -0.480 e. The smallest absolute Gasteiger partial charge is 0.323 e. The van der Waals surface area contributed by atoms with Crippen molar-refractivity contribution in [2.24, 2.45) is 11.8 Å². The fourth-order valence-electron chi connectivity index (χ4n) is 2.96. The lowest BCUT2D eigenvalue weighted by atomic mass is 9.80. The molecule has 2 N–H and O–H groups in total. The molecule has 2 amide bonds. The lowest BCUT2D eigenvalue weighted by molar-refractivity contribution is -0.138. The molecule has 0 bridgehead atoms. The molecule has 0 aromatic rings. The van der Waals surface area contributed by atoms with Crippen LogP contribution in [0.1, 0.15) is 47.0 Å². The largest absolute Gasteiger partial charge is 0.480 e. The number of carbonyl (C=O) groups excluding carboxylic acids is 1. The molecule has 0 aliphatic heterocycles. The number of nitrogens with one attached hydrogen (secondary N) is 1. The molecule has 0 spiro atoms. The molecule has 1 aliphatic carbocycles. The van der Waals surface area contributed by atoms with Crippen molar-refractivity contribution in [3.8, 4) is 0 Å². The second-order valence-electron chi connectivity index (χ2n) is 6.18. The van der Waals surface area contributed by atoms with E-state index in [9.17, 15) is 9.59 Å². The third-order valence-electron chi connectivity index (χ3n) is 3.70. The molecule has 0 saturated heterocycles. The first-order valence-corrected chi connectivity index (χ1v) is 7.08. The summed E-state index contributed by atoms with van der Waals surface area (Å²) in [5, 5.41) is 11.8. The van der Waals surface area contributed by atoms with E-state index < -0.39 is 5.97 Å². The van der Waals surface area contributed by atoms with Crippen LogP contribution in [0.15, 0.2) is 0 Å². The molecule has 1 fully saturated rings. The van der Waals surface area contributed by atoms with Crippen molar-refractivity contribution in [1.29, 1.82) is 0 Å². The molecule has 1 saturated carbocycles. The molecule has 110 valence electrons. The summed E-state index contributed by atoms with van der Waals surface area (Å²) in [5.74, 6) is 0.247. The van der Waals surface area contributed by atoms with E-state index in [1.54, 1.807) is 0 Å². The van der Waals surface area contributed by atoms with Crippen LogP contribution in [-0.4, -0.2) is 40.6 Å². The molecular weight excluding hydrogens is 244 g/mol. The van der Waals surface area contributed by atoms with Crippen LogP contribution in [0.2, 0.25) is 0 Å². The predicted octanol–water partition coefficient (Wildman–Crippen LogP) is 2.32. The first-order valence-electron chi connectivity index (χ1n) is 7.08. The Morgan fingerprint density at radius 2 is 1.74 bits per heavy atom. The van der Waals surface area contributed by atoms with Crippen LogP contribution in [0.3, 0.4) is 0 Å². The summed E-state index contributed by atoms with van der Waals surface area (Å²) in [6.45, 7) is 7.81. The second-order valence-corrected chi connectivity index (χ2v) is 6.18. The third kappa shape index (κ3) is 5.09. The Bertz CT molecular complexity index is 321. The van der Waals surface area contributed by atoms with Gasteiger partial charge in [-0.3, -0.25) is 4.79 Å². The summed E-state index contributed by atoms with van der Waals surface area (Å²) < 4.78 is 0. The zero-order valence-electron chi connectivity index (χ0n) is 12.3. The highest BCUT2D eigenvalue weighted by molar-refractivity contribution is 5.80. The Labute approximate surface area is 115 Å². The number of aliphatic carboxylic acids is 1. The minimum atomic E-state index is -0.978. The summed E-state index contributed by atoms with van der Waals surface area (Å²) in [6.07, 6.45) is 3.17. The molecule has 0 heterocycles. The number of amides is 2. The molecule has 2 unspecified atom stereocenters. The number of hydrogen-bond donors (Lipinski definition) is 2. The number of carboxylic acid groups (broad SMARTS) is 1. The summed E-state index contributed by atoms with van der Waals surface area (Å²) in [5.41, 5.74) is 0. The highest BCUT2D eigenvalue weighted by Gasteiger charge is 2.27. The van der Waals surface area contributed by atoms with E-state index in [1.807, 2.05) is 13.8 Å². The zero-order chi connectivity index (χ0) is 14.6. The number of hydrogen-bond acceptors (Lipinski definition) is 2. The van der Waals surface area contributed by atoms with E-state index in [0.29, 0.717) is 11.8 Å². The normalized spacial score (nSPS) is 27.1. The van der Waals surface area contributed by atoms with Gasteiger partial charge in [0.2, 0.25) is 0 Å². The van der Waals surface area contributed by atoms with Crippen molar-refractivity contribution in [2.75, 3.05) is 6.54 Å². The van der Waals surface area contributed by atoms with Gasteiger partial charge < -0.3 is 15.3 Å². The first-order chi connectivity index (χ1) is 8.79. The van der Waals surface area contributed by atoms with Crippen LogP contribution in [0, 0.1) is 11.8 Å². The highest BCUT2D eigenvalue weighted by atomic mass is 16.4. The number of carboxylic acids is 1. The van der Waals surface area contributed by atoms with Crippen molar-refractivity contribution >= 4 is 12.0 Å². The van der Waals surface area contributed by atoms with Gasteiger partial charge >= 0.3 is 12.0 Å². The van der Waals surface area contributed by atoms with Gasteiger partial charge in [0.25, 0.3) is 0 Å². The van der Waals surface area contributed by atoms with E-state index in [1.165, 1.54) is 11.3 Å². The summed E-state index contributed by atoms with van der Waals surface area (Å²) in [7, 11) is 0. The maximum absolute atomic E-state index is 12.2. The van der Waals surface area contributed by atoms with Gasteiger partial charge in [-0.2, -0.15) is 0 Å². The fraction of sp³-hybridized carbons (Fsp3) is 0.857. The number of urea groups is 1. The molecule has 0 aromatic carbocycles. The lowest BCUT2D eigenvalue weighted by Crippen LogP contribution is -2.50. The Morgan fingerprint density at radius 1 is 1.21 bits per heavy atom. The van der Waals surface area contributed by atoms with E-state index in [-0.39, 0.29) is 24.7 Å². The molecule has 1 rings (SSSR count). The molecule has 1 aliphatic rings. The van der Waals surface area contributed by atoms with Gasteiger partial charge in [-0.05, 0) is 44.9 Å². The number of rotatable bonds is 4. The van der Waals surface area contributed by atoms with Crippen molar-refractivity contribution in [3.05, 3.63) is 0 Å². The van der Waals surface area contributed by atoms with Crippen molar-refractivity contribution in [3.63, 3.8) is 0 Å². The zero-order valence-corrected chi connectivity index (χ0v) is 12.3. The quantitative estimate of drug-likeness (QED) is 0.823. The first kappa shape index (κ1) is 15.8. The Balaban J connectivity index is 2.58. The van der Waals surface area contributed by atoms with Crippen molar-refractivity contribution in [1.82, 2.24) is 10.2 Å². The maximum Gasteiger partial charge on any atom is 0.323 e. The van der Waals surface area contributed by atoms with Crippen LogP contribution in [-0.2, 0) is 4.79 Å². The van der Waals surface area contributed by atoms with Gasteiger partial charge in [-0.1, -0.05) is 13.8 Å². The Morgan fingerprint density at radius 3 is 2.16 bits per heavy atom. The highest BCUT2D eigenvalue weighted by Crippen LogP contribution is 2.28. The van der Waals surface area contributed by atoms with Crippen molar-refractivity contribution < 1.29 is 14.7 Å². The topological polar surface area (TPSA) is 69.6 Å². The molecule has 0 radical (unpaired) electrons.